The molecule has 0 aliphatic heterocycles. The second kappa shape index (κ2) is 7.74. The zero-order valence-corrected chi connectivity index (χ0v) is 11.6. The van der Waals surface area contributed by atoms with Crippen molar-refractivity contribution in [1.29, 1.82) is 0 Å². The molecule has 1 atom stereocenters. The van der Waals surface area contributed by atoms with Gasteiger partial charge in [0.2, 0.25) is 5.91 Å². The first-order valence-electron chi connectivity index (χ1n) is 6.50. The van der Waals surface area contributed by atoms with Crippen LogP contribution in [-0.2, 0) is 4.79 Å². The zero-order valence-electron chi connectivity index (χ0n) is 11.6. The van der Waals surface area contributed by atoms with Gasteiger partial charge in [-0.3, -0.25) is 4.79 Å². The van der Waals surface area contributed by atoms with Crippen LogP contribution in [0.15, 0.2) is 18.2 Å². The molecule has 1 amide bonds. The maximum atomic E-state index is 13.6. The lowest BCUT2D eigenvalue weighted by atomic mass is 10.1. The first-order valence-corrected chi connectivity index (χ1v) is 6.50. The second-order valence-corrected chi connectivity index (χ2v) is 4.23. The third-order valence-corrected chi connectivity index (χ3v) is 2.81. The van der Waals surface area contributed by atoms with Crippen LogP contribution >= 0.6 is 0 Å². The number of anilines is 1. The Kier molecular flexibility index (Phi) is 6.29. The Bertz CT molecular complexity index is 424. The Morgan fingerprint density at radius 1 is 1.42 bits per heavy atom. The zero-order chi connectivity index (χ0) is 14.3. The quantitative estimate of drug-likeness (QED) is 0.798. The molecular weight excluding hydrogens is 247 g/mol. The summed E-state index contributed by atoms with van der Waals surface area (Å²) in [6.45, 7) is 4.74. The van der Waals surface area contributed by atoms with Crippen molar-refractivity contribution < 1.29 is 13.9 Å². The molecule has 0 radical (unpaired) electrons. The van der Waals surface area contributed by atoms with Gasteiger partial charge in [0, 0.05) is 18.3 Å². The monoisotopic (exact) mass is 268 g/mol. The van der Waals surface area contributed by atoms with E-state index in [9.17, 15) is 9.18 Å². The van der Waals surface area contributed by atoms with Gasteiger partial charge in [0.25, 0.3) is 0 Å². The molecule has 0 fully saturated rings. The molecule has 0 aliphatic rings. The lowest BCUT2D eigenvalue weighted by Gasteiger charge is -2.15. The van der Waals surface area contributed by atoms with Crippen molar-refractivity contribution in [2.24, 2.45) is 5.92 Å². The Morgan fingerprint density at radius 2 is 2.16 bits per heavy atom. The number of nitrogens with one attached hydrogen (secondary N) is 2. The molecule has 0 saturated carbocycles. The Balaban J connectivity index is 2.71. The van der Waals surface area contributed by atoms with Crippen molar-refractivity contribution >= 4 is 11.6 Å². The molecule has 0 spiro atoms. The molecule has 0 heterocycles. The molecule has 19 heavy (non-hydrogen) atoms. The number of hydrogen-bond donors (Lipinski definition) is 2. The van der Waals surface area contributed by atoms with Crippen LogP contribution in [0.4, 0.5) is 10.1 Å². The molecule has 2 N–H and O–H groups in total. The summed E-state index contributed by atoms with van der Waals surface area (Å²) < 4.78 is 18.7. The molecular formula is C14H21FN2O2. The third kappa shape index (κ3) is 4.52. The number of amides is 1. The van der Waals surface area contributed by atoms with Crippen molar-refractivity contribution in [3.8, 4) is 5.75 Å². The number of hydrogen-bond acceptors (Lipinski definition) is 3. The van der Waals surface area contributed by atoms with Gasteiger partial charge in [0.15, 0.2) is 11.6 Å². The van der Waals surface area contributed by atoms with Crippen LogP contribution in [-0.4, -0.2) is 26.1 Å². The highest BCUT2D eigenvalue weighted by Gasteiger charge is 2.16. The highest BCUT2D eigenvalue weighted by Crippen LogP contribution is 2.21. The molecule has 1 aromatic carbocycles. The summed E-state index contributed by atoms with van der Waals surface area (Å²) in [7, 11) is 1.80. The number of carbonyl (C=O) groups is 1. The van der Waals surface area contributed by atoms with Crippen LogP contribution in [0.3, 0.4) is 0 Å². The minimum Gasteiger partial charge on any atom is -0.491 e. The number of carbonyl (C=O) groups excluding carboxylic acids is 1. The van der Waals surface area contributed by atoms with Gasteiger partial charge in [-0.25, -0.2) is 4.39 Å². The van der Waals surface area contributed by atoms with Crippen LogP contribution in [0, 0.1) is 11.7 Å². The van der Waals surface area contributed by atoms with E-state index in [1.807, 2.05) is 6.92 Å². The number of rotatable bonds is 7. The van der Waals surface area contributed by atoms with Crippen molar-refractivity contribution in [2.45, 2.75) is 20.3 Å². The minimum absolute atomic E-state index is 0.111. The SMILES string of the molecule is CCOc1ccc(NC(=O)C(CC)CNC)cc1F. The molecule has 0 aliphatic carbocycles. The van der Waals surface area contributed by atoms with Gasteiger partial charge >= 0.3 is 0 Å². The van der Waals surface area contributed by atoms with Crippen molar-refractivity contribution in [2.75, 3.05) is 25.5 Å². The molecule has 0 saturated heterocycles. The van der Waals surface area contributed by atoms with Crippen LogP contribution in [0.25, 0.3) is 0 Å². The largest absolute Gasteiger partial charge is 0.491 e. The van der Waals surface area contributed by atoms with Gasteiger partial charge in [0.1, 0.15) is 0 Å². The summed E-state index contributed by atoms with van der Waals surface area (Å²) in [6, 6.07) is 4.43. The molecule has 0 bridgehead atoms. The fourth-order valence-corrected chi connectivity index (χ4v) is 1.76. The maximum Gasteiger partial charge on any atom is 0.228 e. The Hall–Kier alpha value is -1.62. The van der Waals surface area contributed by atoms with Crippen molar-refractivity contribution in [1.82, 2.24) is 5.32 Å². The van der Waals surface area contributed by atoms with E-state index in [0.717, 1.165) is 6.42 Å². The molecule has 4 nitrogen and oxygen atoms in total. The summed E-state index contributed by atoms with van der Waals surface area (Å²) in [6.07, 6.45) is 0.728. The summed E-state index contributed by atoms with van der Waals surface area (Å²) in [5.41, 5.74) is 0.445. The van der Waals surface area contributed by atoms with Crippen molar-refractivity contribution in [3.05, 3.63) is 24.0 Å². The van der Waals surface area contributed by atoms with Gasteiger partial charge < -0.3 is 15.4 Å². The van der Waals surface area contributed by atoms with E-state index >= 15 is 0 Å². The smallest absolute Gasteiger partial charge is 0.228 e. The van der Waals surface area contributed by atoms with E-state index in [0.29, 0.717) is 18.8 Å². The highest BCUT2D eigenvalue weighted by atomic mass is 19.1. The normalized spacial score (nSPS) is 12.0. The van der Waals surface area contributed by atoms with E-state index in [2.05, 4.69) is 10.6 Å². The van der Waals surface area contributed by atoms with Crippen molar-refractivity contribution in [3.63, 3.8) is 0 Å². The standard InChI is InChI=1S/C14H21FN2O2/c1-4-10(9-16-3)14(18)17-11-6-7-13(19-5-2)12(15)8-11/h6-8,10,16H,4-5,9H2,1-3H3,(H,17,18). The molecule has 1 unspecified atom stereocenters. The third-order valence-electron chi connectivity index (χ3n) is 2.81. The average Bonchev–Trinajstić information content (AvgIpc) is 2.39. The topological polar surface area (TPSA) is 50.4 Å². The van der Waals surface area contributed by atoms with E-state index in [4.69, 9.17) is 4.74 Å². The molecule has 5 heteroatoms. The highest BCUT2D eigenvalue weighted by molar-refractivity contribution is 5.92. The summed E-state index contributed by atoms with van der Waals surface area (Å²) in [4.78, 5) is 12.0. The average molecular weight is 268 g/mol. The fraction of sp³-hybridized carbons (Fsp3) is 0.500. The first-order chi connectivity index (χ1) is 9.12. The first kappa shape index (κ1) is 15.4. The van der Waals surface area contributed by atoms with Gasteiger partial charge in [-0.05, 0) is 32.5 Å². The second-order valence-electron chi connectivity index (χ2n) is 4.23. The minimum atomic E-state index is -0.471. The Labute approximate surface area is 113 Å². The fourth-order valence-electron chi connectivity index (χ4n) is 1.76. The van der Waals surface area contributed by atoms with E-state index in [-0.39, 0.29) is 17.6 Å². The van der Waals surface area contributed by atoms with Crippen LogP contribution in [0.2, 0.25) is 0 Å². The molecule has 106 valence electrons. The Morgan fingerprint density at radius 3 is 2.68 bits per heavy atom. The number of halogens is 1. The molecule has 0 aromatic heterocycles. The van der Waals surface area contributed by atoms with Gasteiger partial charge in [-0.15, -0.1) is 0 Å². The van der Waals surface area contributed by atoms with Gasteiger partial charge in [0.05, 0.1) is 12.5 Å². The van der Waals surface area contributed by atoms with Gasteiger partial charge in [-0.2, -0.15) is 0 Å². The number of ether oxygens (including phenoxy) is 1. The van der Waals surface area contributed by atoms with Crippen LogP contribution in [0.1, 0.15) is 20.3 Å². The lowest BCUT2D eigenvalue weighted by molar-refractivity contribution is -0.119. The molecule has 1 aromatic rings. The maximum absolute atomic E-state index is 13.6. The van der Waals surface area contributed by atoms with E-state index in [1.54, 1.807) is 20.0 Å². The van der Waals surface area contributed by atoms with E-state index in [1.165, 1.54) is 12.1 Å². The summed E-state index contributed by atoms with van der Waals surface area (Å²) >= 11 is 0. The predicted octanol–water partition coefficient (Wildman–Crippen LogP) is 2.41. The lowest BCUT2D eigenvalue weighted by Crippen LogP contribution is -2.30. The van der Waals surface area contributed by atoms with E-state index < -0.39 is 5.82 Å². The predicted molar refractivity (Wildman–Crippen MR) is 73.9 cm³/mol. The summed E-state index contributed by atoms with van der Waals surface area (Å²) in [5.74, 6) is -0.510. The molecule has 1 rings (SSSR count). The number of benzene rings is 1. The van der Waals surface area contributed by atoms with Crippen LogP contribution in [0.5, 0.6) is 5.75 Å². The van der Waals surface area contributed by atoms with Crippen LogP contribution < -0.4 is 15.4 Å². The van der Waals surface area contributed by atoms with Gasteiger partial charge in [-0.1, -0.05) is 6.92 Å². The summed E-state index contributed by atoms with van der Waals surface area (Å²) in [5, 5.41) is 5.68.